The first kappa shape index (κ1) is 16.7. The van der Waals surface area contributed by atoms with E-state index in [0.29, 0.717) is 0 Å². The number of nitrogens with zero attached hydrogens (tertiary/aromatic N) is 4. The number of nitrogens with one attached hydrogen (secondary N) is 1. The third-order valence-corrected chi connectivity index (χ3v) is 5.12. The number of thiocarbonyl (C=S) groups is 1. The monoisotopic (exact) mass is 363 g/mol. The lowest BCUT2D eigenvalue weighted by Gasteiger charge is -2.27. The number of hydrogen-bond acceptors (Lipinski definition) is 3. The van der Waals surface area contributed by atoms with Crippen LogP contribution in [0.1, 0.15) is 36.1 Å². The molecule has 1 aliphatic rings. The van der Waals surface area contributed by atoms with Crippen LogP contribution in [0.15, 0.2) is 67.1 Å². The van der Waals surface area contributed by atoms with Gasteiger partial charge in [-0.1, -0.05) is 12.1 Å². The lowest BCUT2D eigenvalue weighted by molar-refractivity contribution is 0.316. The van der Waals surface area contributed by atoms with Crippen LogP contribution in [0.2, 0.25) is 0 Å². The van der Waals surface area contributed by atoms with Gasteiger partial charge in [0.25, 0.3) is 0 Å². The van der Waals surface area contributed by atoms with Crippen LogP contribution in [-0.4, -0.2) is 31.1 Å². The first-order valence-corrected chi connectivity index (χ1v) is 9.21. The van der Waals surface area contributed by atoms with Gasteiger partial charge in [-0.25, -0.2) is 0 Å². The fourth-order valence-electron chi connectivity index (χ4n) is 3.57. The molecule has 5 nitrogen and oxygen atoms in total. The van der Waals surface area contributed by atoms with Gasteiger partial charge in [-0.15, -0.1) is 0 Å². The number of aromatic nitrogens is 3. The third-order valence-electron chi connectivity index (χ3n) is 4.76. The largest absolute Gasteiger partial charge is 0.352 e. The van der Waals surface area contributed by atoms with Crippen molar-refractivity contribution in [1.29, 1.82) is 0 Å². The maximum Gasteiger partial charge on any atom is 0.170 e. The minimum absolute atomic E-state index is 0.0287. The lowest BCUT2D eigenvalue weighted by Crippen LogP contribution is -2.30. The molecule has 2 atom stereocenters. The van der Waals surface area contributed by atoms with Crippen molar-refractivity contribution in [2.45, 2.75) is 25.6 Å². The van der Waals surface area contributed by atoms with E-state index in [0.717, 1.165) is 29.6 Å². The normalized spacial score (nSPS) is 19.6. The highest BCUT2D eigenvalue weighted by molar-refractivity contribution is 7.80. The molecule has 0 saturated carbocycles. The van der Waals surface area contributed by atoms with E-state index < -0.39 is 0 Å². The molecule has 0 aliphatic carbocycles. The van der Waals surface area contributed by atoms with E-state index in [1.807, 2.05) is 36.7 Å². The summed E-state index contributed by atoms with van der Waals surface area (Å²) >= 11 is 5.61. The predicted molar refractivity (Wildman–Crippen MR) is 106 cm³/mol. The van der Waals surface area contributed by atoms with Crippen LogP contribution in [0, 0.1) is 0 Å². The Hall–Kier alpha value is -2.73. The van der Waals surface area contributed by atoms with Crippen molar-refractivity contribution >= 4 is 17.3 Å². The van der Waals surface area contributed by atoms with Gasteiger partial charge in [-0.3, -0.25) is 9.97 Å². The van der Waals surface area contributed by atoms with E-state index in [4.69, 9.17) is 12.2 Å². The Morgan fingerprint density at radius 3 is 2.54 bits per heavy atom. The summed E-state index contributed by atoms with van der Waals surface area (Å²) in [7, 11) is 0. The third kappa shape index (κ3) is 3.08. The van der Waals surface area contributed by atoms with Crippen LogP contribution >= 0.6 is 12.2 Å². The van der Waals surface area contributed by atoms with E-state index >= 15 is 0 Å². The zero-order chi connectivity index (χ0) is 17.9. The van der Waals surface area contributed by atoms with Crippen LogP contribution in [-0.2, 0) is 6.54 Å². The van der Waals surface area contributed by atoms with Gasteiger partial charge in [-0.05, 0) is 55.5 Å². The molecule has 0 unspecified atom stereocenters. The molecule has 132 valence electrons. The van der Waals surface area contributed by atoms with Gasteiger partial charge in [0, 0.05) is 30.8 Å². The molecule has 0 bridgehead atoms. The van der Waals surface area contributed by atoms with Crippen molar-refractivity contribution in [2.24, 2.45) is 0 Å². The molecule has 1 N–H and O–H groups in total. The molecular weight excluding hydrogens is 342 g/mol. The minimum atomic E-state index is 0.0287. The molecular formula is C20H21N5S. The second-order valence-corrected chi connectivity index (χ2v) is 6.68. The van der Waals surface area contributed by atoms with E-state index in [1.165, 1.54) is 5.69 Å². The molecule has 1 fully saturated rings. The highest BCUT2D eigenvalue weighted by atomic mass is 32.1. The van der Waals surface area contributed by atoms with Crippen molar-refractivity contribution in [3.8, 4) is 0 Å². The van der Waals surface area contributed by atoms with Gasteiger partial charge in [0.2, 0.25) is 0 Å². The average molecular weight is 363 g/mol. The highest BCUT2D eigenvalue weighted by Gasteiger charge is 2.40. The number of pyridine rings is 2. The molecule has 4 rings (SSSR count). The van der Waals surface area contributed by atoms with Crippen LogP contribution < -0.4 is 5.32 Å². The van der Waals surface area contributed by atoms with Gasteiger partial charge in [0.15, 0.2) is 5.11 Å². The van der Waals surface area contributed by atoms with Gasteiger partial charge in [-0.2, -0.15) is 0 Å². The standard InChI is InChI=1S/C20H21N5S/c1-2-25-19(18(23-20(25)26)16-9-4-6-12-22-16)17-10-7-13-24(17)14-15-8-3-5-11-21-15/h3-13,18-19H,2,14H2,1H3,(H,23,26)/t18-,19+/m0/s1. The Morgan fingerprint density at radius 1 is 1.04 bits per heavy atom. The fraction of sp³-hybridized carbons (Fsp3) is 0.250. The van der Waals surface area contributed by atoms with Gasteiger partial charge < -0.3 is 14.8 Å². The maximum atomic E-state index is 5.61. The minimum Gasteiger partial charge on any atom is -0.352 e. The Balaban J connectivity index is 1.72. The predicted octanol–water partition coefficient (Wildman–Crippen LogP) is 3.32. The van der Waals surface area contributed by atoms with Crippen molar-refractivity contribution in [2.75, 3.05) is 6.54 Å². The van der Waals surface area contributed by atoms with E-state index in [-0.39, 0.29) is 12.1 Å². The summed E-state index contributed by atoms with van der Waals surface area (Å²) in [5.41, 5.74) is 3.25. The van der Waals surface area contributed by atoms with Gasteiger partial charge >= 0.3 is 0 Å². The fourth-order valence-corrected chi connectivity index (χ4v) is 3.94. The SMILES string of the molecule is CCN1C(=S)N[C@@H](c2ccccn2)[C@H]1c1cccn1Cc1ccccn1. The lowest BCUT2D eigenvalue weighted by atomic mass is 10.0. The summed E-state index contributed by atoms with van der Waals surface area (Å²) < 4.78 is 2.25. The van der Waals surface area contributed by atoms with Crippen LogP contribution in [0.5, 0.6) is 0 Å². The van der Waals surface area contributed by atoms with Crippen LogP contribution in [0.3, 0.4) is 0 Å². The van der Waals surface area contributed by atoms with Crippen LogP contribution in [0.4, 0.5) is 0 Å². The molecule has 0 spiro atoms. The Kier molecular flexibility index (Phi) is 4.67. The molecule has 0 amide bonds. The highest BCUT2D eigenvalue weighted by Crippen LogP contribution is 2.38. The van der Waals surface area contributed by atoms with E-state index in [2.05, 4.69) is 62.1 Å². The molecule has 0 radical (unpaired) electrons. The number of likely N-dealkylation sites (N-methyl/N-ethyl adjacent to an activating group) is 1. The molecule has 0 aromatic carbocycles. The van der Waals surface area contributed by atoms with E-state index in [1.54, 1.807) is 0 Å². The van der Waals surface area contributed by atoms with Crippen LogP contribution in [0.25, 0.3) is 0 Å². The Labute approximate surface area is 158 Å². The van der Waals surface area contributed by atoms with Crippen molar-refractivity contribution < 1.29 is 0 Å². The van der Waals surface area contributed by atoms with Crippen molar-refractivity contribution in [1.82, 2.24) is 24.8 Å². The molecule has 26 heavy (non-hydrogen) atoms. The molecule has 3 aromatic heterocycles. The first-order valence-electron chi connectivity index (χ1n) is 8.81. The quantitative estimate of drug-likeness (QED) is 0.705. The molecule has 6 heteroatoms. The molecule has 1 aliphatic heterocycles. The topological polar surface area (TPSA) is 46.0 Å². The first-order chi connectivity index (χ1) is 12.8. The molecule has 3 aromatic rings. The Bertz CT molecular complexity index is 877. The summed E-state index contributed by atoms with van der Waals surface area (Å²) in [5, 5.41) is 4.24. The Morgan fingerprint density at radius 2 is 1.85 bits per heavy atom. The van der Waals surface area contributed by atoms with Crippen molar-refractivity contribution in [3.63, 3.8) is 0 Å². The summed E-state index contributed by atoms with van der Waals surface area (Å²) in [6, 6.07) is 16.4. The number of hydrogen-bond donors (Lipinski definition) is 1. The summed E-state index contributed by atoms with van der Waals surface area (Å²) in [6.07, 6.45) is 5.77. The second kappa shape index (κ2) is 7.25. The summed E-state index contributed by atoms with van der Waals surface area (Å²) in [6.45, 7) is 3.71. The maximum absolute atomic E-state index is 5.61. The van der Waals surface area contributed by atoms with E-state index in [9.17, 15) is 0 Å². The molecule has 1 saturated heterocycles. The summed E-state index contributed by atoms with van der Waals surface area (Å²) in [5.74, 6) is 0. The summed E-state index contributed by atoms with van der Waals surface area (Å²) in [4.78, 5) is 11.3. The smallest absolute Gasteiger partial charge is 0.170 e. The zero-order valence-electron chi connectivity index (χ0n) is 14.6. The van der Waals surface area contributed by atoms with Gasteiger partial charge in [0.1, 0.15) is 0 Å². The zero-order valence-corrected chi connectivity index (χ0v) is 15.4. The average Bonchev–Trinajstić information content (AvgIpc) is 3.26. The van der Waals surface area contributed by atoms with Gasteiger partial charge in [0.05, 0.1) is 30.0 Å². The number of rotatable bonds is 5. The second-order valence-electron chi connectivity index (χ2n) is 6.29. The molecule has 4 heterocycles. The van der Waals surface area contributed by atoms with Crippen molar-refractivity contribution in [3.05, 3.63) is 84.2 Å².